The predicted octanol–water partition coefficient (Wildman–Crippen LogP) is 15.4. The third-order valence-electron chi connectivity index (χ3n) is 11.3. The van der Waals surface area contributed by atoms with Crippen LogP contribution >= 0.6 is 0 Å². The molecule has 1 heteroatoms. The van der Waals surface area contributed by atoms with Crippen molar-refractivity contribution in [1.29, 1.82) is 0 Å². The average Bonchev–Trinajstić information content (AvgIpc) is 3.59. The molecule has 264 valence electrons. The molecule has 1 nitrogen and oxygen atoms in total. The van der Waals surface area contributed by atoms with Gasteiger partial charge in [-0.1, -0.05) is 176 Å². The van der Waals surface area contributed by atoms with E-state index in [0.29, 0.717) is 0 Å². The minimum absolute atomic E-state index is 1.12. The first kappa shape index (κ1) is 33.4. The fourth-order valence-corrected chi connectivity index (χ4v) is 8.80. The second kappa shape index (κ2) is 13.9. The highest BCUT2D eigenvalue weighted by molar-refractivity contribution is 6.16. The van der Waals surface area contributed by atoms with Gasteiger partial charge in [0, 0.05) is 16.5 Å². The molecule has 0 saturated heterocycles. The van der Waals surface area contributed by atoms with Crippen molar-refractivity contribution in [3.8, 4) is 50.2 Å². The molecule has 9 aromatic carbocycles. The summed E-state index contributed by atoms with van der Waals surface area (Å²) in [6.07, 6.45) is 6.46. The number of aromatic nitrogens is 1. The monoisotopic (exact) mass is 713 g/mol. The van der Waals surface area contributed by atoms with Gasteiger partial charge in [0.05, 0.1) is 11.0 Å². The maximum Gasteiger partial charge on any atom is 0.0541 e. The molecule has 0 aliphatic carbocycles. The van der Waals surface area contributed by atoms with E-state index >= 15 is 0 Å². The number of hydrogen-bond donors (Lipinski definition) is 0. The van der Waals surface area contributed by atoms with Gasteiger partial charge < -0.3 is 4.57 Å². The van der Waals surface area contributed by atoms with Crippen LogP contribution in [0.4, 0.5) is 0 Å². The molecule has 10 rings (SSSR count). The predicted molar refractivity (Wildman–Crippen MR) is 242 cm³/mol. The van der Waals surface area contributed by atoms with E-state index in [-0.39, 0.29) is 0 Å². The van der Waals surface area contributed by atoms with E-state index in [1.807, 2.05) is 6.08 Å². The van der Waals surface area contributed by atoms with E-state index in [1.165, 1.54) is 87.9 Å². The SMILES string of the molecule is C=Cc1c(C=CC)c(-c2cccc(-n3c4ccc(-c5ccccc5)cc4c4cc(-c5ccccc5)ccc43)c2)c2ccccc2c1-c1cccc2ccccc12. The molecule has 0 bridgehead atoms. The topological polar surface area (TPSA) is 4.93 Å². The van der Waals surface area contributed by atoms with Crippen LogP contribution in [0, 0.1) is 0 Å². The molecule has 1 aromatic heterocycles. The Hall–Kier alpha value is -7.22. The van der Waals surface area contributed by atoms with Crippen molar-refractivity contribution in [2.75, 3.05) is 0 Å². The highest BCUT2D eigenvalue weighted by atomic mass is 15.0. The van der Waals surface area contributed by atoms with E-state index in [0.717, 1.165) is 16.8 Å². The lowest BCUT2D eigenvalue weighted by molar-refractivity contribution is 1.18. The van der Waals surface area contributed by atoms with Crippen molar-refractivity contribution in [3.05, 3.63) is 212 Å². The van der Waals surface area contributed by atoms with Crippen LogP contribution in [0.15, 0.2) is 201 Å². The number of allylic oxidation sites excluding steroid dienone is 1. The van der Waals surface area contributed by atoms with Gasteiger partial charge in [-0.05, 0) is 121 Å². The molecule has 0 saturated carbocycles. The number of rotatable bonds is 7. The Morgan fingerprint density at radius 3 is 1.57 bits per heavy atom. The molecule has 0 aliphatic heterocycles. The highest BCUT2D eigenvalue weighted by Crippen LogP contribution is 2.46. The number of fused-ring (bicyclic) bond motifs is 5. The van der Waals surface area contributed by atoms with Crippen LogP contribution in [0.3, 0.4) is 0 Å². The average molecular weight is 714 g/mol. The van der Waals surface area contributed by atoms with Crippen LogP contribution in [0.25, 0.3) is 106 Å². The Morgan fingerprint density at radius 2 is 0.946 bits per heavy atom. The summed E-state index contributed by atoms with van der Waals surface area (Å²) in [6.45, 7) is 6.53. The summed E-state index contributed by atoms with van der Waals surface area (Å²) in [4.78, 5) is 0. The molecule has 0 atom stereocenters. The quantitative estimate of drug-likeness (QED) is 0.155. The first-order valence-electron chi connectivity index (χ1n) is 19.3. The molecule has 0 N–H and O–H groups in total. The molecule has 0 fully saturated rings. The Morgan fingerprint density at radius 1 is 0.411 bits per heavy atom. The van der Waals surface area contributed by atoms with Gasteiger partial charge in [0.2, 0.25) is 0 Å². The van der Waals surface area contributed by atoms with Crippen LogP contribution in [0.1, 0.15) is 18.1 Å². The van der Waals surface area contributed by atoms with Gasteiger partial charge in [0.1, 0.15) is 0 Å². The lowest BCUT2D eigenvalue weighted by Gasteiger charge is -2.21. The smallest absolute Gasteiger partial charge is 0.0541 e. The zero-order valence-corrected chi connectivity index (χ0v) is 31.3. The summed E-state index contributed by atoms with van der Waals surface area (Å²) in [7, 11) is 0. The van der Waals surface area contributed by atoms with Crippen LogP contribution < -0.4 is 0 Å². The Kier molecular flexibility index (Phi) is 8.27. The van der Waals surface area contributed by atoms with Crippen molar-refractivity contribution >= 4 is 55.5 Å². The summed E-state index contributed by atoms with van der Waals surface area (Å²) in [5.74, 6) is 0. The van der Waals surface area contributed by atoms with Crippen LogP contribution in [0.2, 0.25) is 0 Å². The molecule has 0 radical (unpaired) electrons. The lowest BCUT2D eigenvalue weighted by atomic mass is 9.82. The normalized spacial score (nSPS) is 11.7. The first-order valence-corrected chi connectivity index (χ1v) is 19.3. The molecular formula is C55H39N. The standard InChI is InChI=1S/C55H39N/c1-3-17-46-44(4-2)55(47-29-16-23-39-22-11-12-26-45(39)47)49-28-14-13-27-48(49)54(46)42-24-15-25-43(34-42)56-52-32-30-40(37-18-7-5-8-19-37)35-50(52)51-36-41(31-33-53(51)56)38-20-9-6-10-21-38/h3-36H,2H2,1H3. The van der Waals surface area contributed by atoms with Crippen molar-refractivity contribution in [2.45, 2.75) is 6.92 Å². The fourth-order valence-electron chi connectivity index (χ4n) is 8.80. The second-order valence-corrected chi connectivity index (χ2v) is 14.4. The molecule has 10 aromatic rings. The highest BCUT2D eigenvalue weighted by Gasteiger charge is 2.21. The van der Waals surface area contributed by atoms with E-state index in [9.17, 15) is 0 Å². The second-order valence-electron chi connectivity index (χ2n) is 14.4. The van der Waals surface area contributed by atoms with Crippen LogP contribution in [0.5, 0.6) is 0 Å². The van der Waals surface area contributed by atoms with Crippen LogP contribution in [-0.2, 0) is 0 Å². The first-order chi connectivity index (χ1) is 27.7. The van der Waals surface area contributed by atoms with Crippen molar-refractivity contribution < 1.29 is 0 Å². The third kappa shape index (κ3) is 5.48. The summed E-state index contributed by atoms with van der Waals surface area (Å²) in [5.41, 5.74) is 15.4. The Bertz CT molecular complexity index is 3040. The maximum atomic E-state index is 4.43. The zero-order chi connectivity index (χ0) is 37.6. The largest absolute Gasteiger partial charge is 0.309 e. The molecule has 56 heavy (non-hydrogen) atoms. The third-order valence-corrected chi connectivity index (χ3v) is 11.3. The molecular weight excluding hydrogens is 675 g/mol. The van der Waals surface area contributed by atoms with E-state index in [2.05, 4.69) is 218 Å². The summed E-state index contributed by atoms with van der Waals surface area (Å²) < 4.78 is 2.44. The van der Waals surface area contributed by atoms with Crippen molar-refractivity contribution in [3.63, 3.8) is 0 Å². The van der Waals surface area contributed by atoms with Gasteiger partial charge in [0.15, 0.2) is 0 Å². The number of benzene rings is 9. The molecule has 0 unspecified atom stereocenters. The van der Waals surface area contributed by atoms with Gasteiger partial charge in [-0.2, -0.15) is 0 Å². The molecule has 0 spiro atoms. The van der Waals surface area contributed by atoms with Crippen LogP contribution in [-0.4, -0.2) is 4.57 Å². The summed E-state index contributed by atoms with van der Waals surface area (Å²) >= 11 is 0. The van der Waals surface area contributed by atoms with E-state index in [1.54, 1.807) is 0 Å². The van der Waals surface area contributed by atoms with Crippen molar-refractivity contribution in [2.24, 2.45) is 0 Å². The summed E-state index contributed by atoms with van der Waals surface area (Å²) in [6, 6.07) is 68.4. The van der Waals surface area contributed by atoms with E-state index < -0.39 is 0 Å². The molecule has 1 heterocycles. The lowest BCUT2D eigenvalue weighted by Crippen LogP contribution is -1.98. The van der Waals surface area contributed by atoms with Gasteiger partial charge >= 0.3 is 0 Å². The maximum absolute atomic E-state index is 4.43. The fraction of sp³-hybridized carbons (Fsp3) is 0.0182. The Labute approximate surface area is 327 Å². The van der Waals surface area contributed by atoms with Gasteiger partial charge in [-0.15, -0.1) is 0 Å². The molecule has 0 aliphatic rings. The molecule has 0 amide bonds. The number of nitrogens with zero attached hydrogens (tertiary/aromatic N) is 1. The zero-order valence-electron chi connectivity index (χ0n) is 31.3. The van der Waals surface area contributed by atoms with Gasteiger partial charge in [-0.25, -0.2) is 0 Å². The minimum atomic E-state index is 1.12. The Balaban J connectivity index is 1.23. The van der Waals surface area contributed by atoms with Crippen molar-refractivity contribution in [1.82, 2.24) is 4.57 Å². The van der Waals surface area contributed by atoms with Gasteiger partial charge in [0.25, 0.3) is 0 Å². The minimum Gasteiger partial charge on any atom is -0.309 e. The summed E-state index contributed by atoms with van der Waals surface area (Å²) in [5, 5.41) is 7.36. The van der Waals surface area contributed by atoms with E-state index in [4.69, 9.17) is 0 Å². The number of hydrogen-bond acceptors (Lipinski definition) is 0. The van der Waals surface area contributed by atoms with Gasteiger partial charge in [-0.3, -0.25) is 0 Å².